The second-order valence-corrected chi connectivity index (χ2v) is 5.12. The molecule has 0 aliphatic heterocycles. The van der Waals surface area contributed by atoms with E-state index in [9.17, 15) is 4.79 Å². The quantitative estimate of drug-likeness (QED) is 0.830. The first-order valence-electron chi connectivity index (χ1n) is 7.07. The fourth-order valence-electron chi connectivity index (χ4n) is 2.33. The Hall–Kier alpha value is -2.07. The van der Waals surface area contributed by atoms with Crippen LogP contribution >= 0.6 is 0 Å². The zero-order valence-corrected chi connectivity index (χ0v) is 12.5. The summed E-state index contributed by atoms with van der Waals surface area (Å²) in [5, 5.41) is 2.30. The van der Waals surface area contributed by atoms with Crippen LogP contribution in [0.4, 0.5) is 0 Å². The van der Waals surface area contributed by atoms with Gasteiger partial charge in [0.05, 0.1) is 20.1 Å². The molecule has 0 radical (unpaired) electrons. The van der Waals surface area contributed by atoms with Crippen LogP contribution in [0.5, 0.6) is 5.75 Å². The Labute approximate surface area is 124 Å². The molecule has 112 valence electrons. The van der Waals surface area contributed by atoms with Gasteiger partial charge in [-0.15, -0.1) is 0 Å². The number of ether oxygens (including phenoxy) is 2. The third-order valence-corrected chi connectivity index (χ3v) is 3.32. The van der Waals surface area contributed by atoms with Crippen LogP contribution in [0.3, 0.4) is 0 Å². The van der Waals surface area contributed by atoms with Gasteiger partial charge in [0.15, 0.2) is 0 Å². The highest BCUT2D eigenvalue weighted by atomic mass is 16.5. The molecule has 4 heteroatoms. The van der Waals surface area contributed by atoms with Gasteiger partial charge in [-0.3, -0.25) is 4.79 Å². The highest BCUT2D eigenvalue weighted by Gasteiger charge is 2.11. The zero-order chi connectivity index (χ0) is 15.2. The first-order valence-corrected chi connectivity index (χ1v) is 7.07. The van der Waals surface area contributed by atoms with E-state index in [1.807, 2.05) is 31.2 Å². The van der Waals surface area contributed by atoms with Gasteiger partial charge in [0.2, 0.25) is 0 Å². The van der Waals surface area contributed by atoms with E-state index < -0.39 is 0 Å². The number of hydrogen-bond donors (Lipinski definition) is 1. The summed E-state index contributed by atoms with van der Waals surface area (Å²) >= 11 is 0. The molecule has 0 saturated carbocycles. The first-order chi connectivity index (χ1) is 10.1. The van der Waals surface area contributed by atoms with Crippen molar-refractivity contribution < 1.29 is 14.3 Å². The zero-order valence-electron chi connectivity index (χ0n) is 12.5. The van der Waals surface area contributed by atoms with Crippen molar-refractivity contribution in [1.29, 1.82) is 0 Å². The predicted octanol–water partition coefficient (Wildman–Crippen LogP) is 2.67. The van der Waals surface area contributed by atoms with Gasteiger partial charge < -0.3 is 15.2 Å². The predicted molar refractivity (Wildman–Crippen MR) is 83.4 cm³/mol. The second-order valence-electron chi connectivity index (χ2n) is 5.12. The van der Waals surface area contributed by atoms with Crippen molar-refractivity contribution >= 4 is 16.7 Å². The summed E-state index contributed by atoms with van der Waals surface area (Å²) in [6.45, 7) is 2.27. The Morgan fingerprint density at radius 2 is 2.00 bits per heavy atom. The molecule has 0 spiro atoms. The number of benzene rings is 2. The number of hydrogen-bond acceptors (Lipinski definition) is 4. The lowest BCUT2D eigenvalue weighted by Crippen LogP contribution is -2.19. The number of carbonyl (C=O) groups is 1. The third-order valence-electron chi connectivity index (χ3n) is 3.32. The van der Waals surface area contributed by atoms with Crippen LogP contribution in [0.25, 0.3) is 10.8 Å². The van der Waals surface area contributed by atoms with Crippen LogP contribution in [0, 0.1) is 0 Å². The van der Waals surface area contributed by atoms with Crippen LogP contribution < -0.4 is 10.5 Å². The van der Waals surface area contributed by atoms with Crippen molar-refractivity contribution in [2.24, 2.45) is 5.73 Å². The summed E-state index contributed by atoms with van der Waals surface area (Å²) in [5.74, 6) is 0.513. The van der Waals surface area contributed by atoms with Crippen LogP contribution in [-0.2, 0) is 16.0 Å². The summed E-state index contributed by atoms with van der Waals surface area (Å²) in [6.07, 6.45) is 0.968. The Bertz CT molecular complexity index is 622. The normalized spacial score (nSPS) is 12.1. The molecule has 21 heavy (non-hydrogen) atoms. The average molecular weight is 287 g/mol. The third kappa shape index (κ3) is 3.95. The van der Waals surface area contributed by atoms with Gasteiger partial charge in [-0.05, 0) is 30.2 Å². The largest absolute Gasteiger partial charge is 0.493 e. The van der Waals surface area contributed by atoms with Gasteiger partial charge in [0, 0.05) is 11.6 Å². The molecular formula is C17H21NO3. The van der Waals surface area contributed by atoms with E-state index in [1.54, 1.807) is 0 Å². The van der Waals surface area contributed by atoms with Gasteiger partial charge in [-0.1, -0.05) is 30.3 Å². The summed E-state index contributed by atoms with van der Waals surface area (Å²) in [7, 11) is 1.37. The Morgan fingerprint density at radius 1 is 1.24 bits per heavy atom. The molecule has 0 aliphatic rings. The highest BCUT2D eigenvalue weighted by Crippen LogP contribution is 2.29. The maximum atomic E-state index is 11.2. The SMILES string of the molecule is COC(=O)CCOc1ccc2ccccc2c1CC(C)N. The van der Waals surface area contributed by atoms with Gasteiger partial charge in [-0.2, -0.15) is 0 Å². The average Bonchev–Trinajstić information content (AvgIpc) is 2.48. The van der Waals surface area contributed by atoms with E-state index in [-0.39, 0.29) is 18.4 Å². The molecular weight excluding hydrogens is 266 g/mol. The maximum Gasteiger partial charge on any atom is 0.308 e. The summed E-state index contributed by atoms with van der Waals surface area (Å²) in [4.78, 5) is 11.2. The molecule has 0 amide bonds. The molecule has 2 aromatic carbocycles. The van der Waals surface area contributed by atoms with Crippen molar-refractivity contribution in [3.8, 4) is 5.75 Å². The molecule has 1 atom stereocenters. The van der Waals surface area contributed by atoms with Crippen molar-refractivity contribution in [3.05, 3.63) is 42.0 Å². The minimum Gasteiger partial charge on any atom is -0.493 e. The van der Waals surface area contributed by atoms with Crippen LogP contribution in [-0.4, -0.2) is 25.7 Å². The van der Waals surface area contributed by atoms with Crippen LogP contribution in [0.15, 0.2) is 36.4 Å². The lowest BCUT2D eigenvalue weighted by molar-refractivity contribution is -0.141. The fraction of sp³-hybridized carbons (Fsp3) is 0.353. The number of nitrogens with two attached hydrogens (primary N) is 1. The molecule has 2 N–H and O–H groups in total. The lowest BCUT2D eigenvalue weighted by Gasteiger charge is -2.15. The molecule has 4 nitrogen and oxygen atoms in total. The van der Waals surface area contributed by atoms with E-state index in [2.05, 4.69) is 16.9 Å². The second kappa shape index (κ2) is 7.09. The standard InChI is InChI=1S/C17H21NO3/c1-12(18)11-15-14-6-4-3-5-13(14)7-8-16(15)21-10-9-17(19)20-2/h3-8,12H,9-11,18H2,1-2H3. The summed E-state index contributed by atoms with van der Waals surface area (Å²) < 4.78 is 10.4. The number of fused-ring (bicyclic) bond motifs is 1. The Kier molecular flexibility index (Phi) is 5.17. The molecule has 1 unspecified atom stereocenters. The number of carbonyl (C=O) groups excluding carboxylic acids is 1. The molecule has 0 aromatic heterocycles. The lowest BCUT2D eigenvalue weighted by atomic mass is 9.98. The monoisotopic (exact) mass is 287 g/mol. The minimum absolute atomic E-state index is 0.0405. The van der Waals surface area contributed by atoms with Crippen molar-refractivity contribution in [2.75, 3.05) is 13.7 Å². The molecule has 0 fully saturated rings. The number of rotatable bonds is 6. The first kappa shape index (κ1) is 15.3. The topological polar surface area (TPSA) is 61.5 Å². The van der Waals surface area contributed by atoms with Crippen molar-refractivity contribution in [3.63, 3.8) is 0 Å². The molecule has 0 bridgehead atoms. The minimum atomic E-state index is -0.274. The molecule has 0 aliphatic carbocycles. The smallest absolute Gasteiger partial charge is 0.308 e. The molecule has 0 saturated heterocycles. The van der Waals surface area contributed by atoms with E-state index in [4.69, 9.17) is 10.5 Å². The summed E-state index contributed by atoms with van der Waals surface area (Å²) in [6, 6.07) is 12.2. The molecule has 2 rings (SSSR count). The maximum absolute atomic E-state index is 11.2. The van der Waals surface area contributed by atoms with Crippen LogP contribution in [0.1, 0.15) is 18.9 Å². The Balaban J connectivity index is 2.26. The fourth-order valence-corrected chi connectivity index (χ4v) is 2.33. The van der Waals surface area contributed by atoms with E-state index in [1.165, 1.54) is 7.11 Å². The van der Waals surface area contributed by atoms with Crippen LogP contribution in [0.2, 0.25) is 0 Å². The molecule has 2 aromatic rings. The van der Waals surface area contributed by atoms with Gasteiger partial charge in [0.1, 0.15) is 5.75 Å². The van der Waals surface area contributed by atoms with E-state index in [0.717, 1.165) is 28.5 Å². The number of esters is 1. The highest BCUT2D eigenvalue weighted by molar-refractivity contribution is 5.87. The van der Waals surface area contributed by atoms with Gasteiger partial charge in [0.25, 0.3) is 0 Å². The van der Waals surface area contributed by atoms with Gasteiger partial charge in [-0.25, -0.2) is 0 Å². The molecule has 0 heterocycles. The van der Waals surface area contributed by atoms with E-state index >= 15 is 0 Å². The number of methoxy groups -OCH3 is 1. The van der Waals surface area contributed by atoms with Crippen molar-refractivity contribution in [2.45, 2.75) is 25.8 Å². The summed E-state index contributed by atoms with van der Waals surface area (Å²) in [5.41, 5.74) is 7.04. The Morgan fingerprint density at radius 3 is 2.71 bits per heavy atom. The van der Waals surface area contributed by atoms with Gasteiger partial charge >= 0.3 is 5.97 Å². The van der Waals surface area contributed by atoms with Crippen molar-refractivity contribution in [1.82, 2.24) is 0 Å². The van der Waals surface area contributed by atoms with E-state index in [0.29, 0.717) is 6.61 Å².